The van der Waals surface area contributed by atoms with E-state index >= 15 is 0 Å². The van der Waals surface area contributed by atoms with Gasteiger partial charge in [0, 0.05) is 0 Å². The third-order valence-electron chi connectivity index (χ3n) is 3.44. The van der Waals surface area contributed by atoms with Crippen molar-refractivity contribution < 1.29 is 14.3 Å². The van der Waals surface area contributed by atoms with E-state index in [9.17, 15) is 4.79 Å². The summed E-state index contributed by atoms with van der Waals surface area (Å²) in [6.07, 6.45) is 6.52. The number of hydrogen-bond donors (Lipinski definition) is 0. The molecule has 3 unspecified atom stereocenters. The average molecular weight is 238 g/mol. The van der Waals surface area contributed by atoms with Gasteiger partial charge in [0.05, 0.1) is 18.1 Å². The fraction of sp³-hybridized carbons (Fsp3) is 0.786. The number of allylic oxidation sites excluding steroid dienone is 2. The van der Waals surface area contributed by atoms with Crippen LogP contribution in [-0.2, 0) is 14.3 Å². The molecular formula is C14H22O3. The first-order valence-electron chi connectivity index (χ1n) is 6.44. The summed E-state index contributed by atoms with van der Waals surface area (Å²) >= 11 is 0. The van der Waals surface area contributed by atoms with E-state index in [4.69, 9.17) is 9.47 Å². The summed E-state index contributed by atoms with van der Waals surface area (Å²) in [6.45, 7) is 6.83. The number of esters is 1. The summed E-state index contributed by atoms with van der Waals surface area (Å²) in [5.74, 6) is 1.10. The molecule has 3 nitrogen and oxygen atoms in total. The van der Waals surface area contributed by atoms with E-state index in [2.05, 4.69) is 12.2 Å². The number of carbonyl (C=O) groups is 1. The number of carbonyl (C=O) groups excluding carboxylic acids is 1. The Labute approximate surface area is 103 Å². The lowest BCUT2D eigenvalue weighted by atomic mass is 9.94. The van der Waals surface area contributed by atoms with Gasteiger partial charge in [-0.15, -0.1) is 0 Å². The highest BCUT2D eigenvalue weighted by Crippen LogP contribution is 2.43. The molecule has 3 atom stereocenters. The van der Waals surface area contributed by atoms with Crippen molar-refractivity contribution in [2.45, 2.75) is 39.2 Å². The second-order valence-electron chi connectivity index (χ2n) is 6.02. The molecular weight excluding hydrogens is 216 g/mol. The SMILES string of the molecule is CC(C)(C)OCCOC(=O)C1CC2C=CC1C2. The van der Waals surface area contributed by atoms with Gasteiger partial charge in [0.25, 0.3) is 0 Å². The number of rotatable bonds is 4. The van der Waals surface area contributed by atoms with Crippen LogP contribution in [0.15, 0.2) is 12.2 Å². The van der Waals surface area contributed by atoms with Crippen molar-refractivity contribution >= 4 is 5.97 Å². The van der Waals surface area contributed by atoms with Gasteiger partial charge >= 0.3 is 5.97 Å². The van der Waals surface area contributed by atoms with Gasteiger partial charge in [0.2, 0.25) is 0 Å². The smallest absolute Gasteiger partial charge is 0.309 e. The highest BCUT2D eigenvalue weighted by molar-refractivity contribution is 5.74. The highest BCUT2D eigenvalue weighted by Gasteiger charge is 2.40. The highest BCUT2D eigenvalue weighted by atomic mass is 16.6. The Hall–Kier alpha value is -0.830. The van der Waals surface area contributed by atoms with Crippen LogP contribution in [0.25, 0.3) is 0 Å². The number of ether oxygens (including phenoxy) is 2. The van der Waals surface area contributed by atoms with Crippen molar-refractivity contribution in [3.05, 3.63) is 12.2 Å². The molecule has 2 rings (SSSR count). The van der Waals surface area contributed by atoms with Crippen molar-refractivity contribution in [3.8, 4) is 0 Å². The predicted molar refractivity (Wildman–Crippen MR) is 65.5 cm³/mol. The van der Waals surface area contributed by atoms with Crippen LogP contribution < -0.4 is 0 Å². The van der Waals surface area contributed by atoms with Crippen LogP contribution >= 0.6 is 0 Å². The zero-order chi connectivity index (χ0) is 12.5. The third kappa shape index (κ3) is 3.32. The maximum Gasteiger partial charge on any atom is 0.309 e. The van der Waals surface area contributed by atoms with Gasteiger partial charge in [-0.05, 0) is 45.4 Å². The van der Waals surface area contributed by atoms with Gasteiger partial charge in [-0.1, -0.05) is 12.2 Å². The summed E-state index contributed by atoms with van der Waals surface area (Å²) in [7, 11) is 0. The van der Waals surface area contributed by atoms with E-state index in [1.165, 1.54) is 0 Å². The van der Waals surface area contributed by atoms with E-state index in [0.717, 1.165) is 12.8 Å². The van der Waals surface area contributed by atoms with Gasteiger partial charge < -0.3 is 9.47 Å². The Bertz CT molecular complexity index is 314. The lowest BCUT2D eigenvalue weighted by Crippen LogP contribution is -2.26. The lowest BCUT2D eigenvalue weighted by molar-refractivity contribution is -0.152. The normalized spacial score (nSPS) is 30.9. The van der Waals surface area contributed by atoms with Crippen LogP contribution in [0.2, 0.25) is 0 Å². The van der Waals surface area contributed by atoms with Crippen LogP contribution in [0.4, 0.5) is 0 Å². The average Bonchev–Trinajstić information content (AvgIpc) is 2.84. The molecule has 1 saturated carbocycles. The minimum absolute atomic E-state index is 0.0423. The molecule has 3 heteroatoms. The summed E-state index contributed by atoms with van der Waals surface area (Å²) in [4.78, 5) is 11.8. The van der Waals surface area contributed by atoms with Crippen LogP contribution in [0.3, 0.4) is 0 Å². The molecule has 1 fully saturated rings. The molecule has 0 aromatic carbocycles. The molecule has 0 heterocycles. The van der Waals surface area contributed by atoms with Gasteiger partial charge in [-0.25, -0.2) is 0 Å². The van der Waals surface area contributed by atoms with Crippen molar-refractivity contribution in [1.82, 2.24) is 0 Å². The first kappa shape index (κ1) is 12.6. The lowest BCUT2D eigenvalue weighted by Gasteiger charge is -2.20. The molecule has 0 amide bonds. The van der Waals surface area contributed by atoms with Gasteiger partial charge in [0.1, 0.15) is 6.61 Å². The van der Waals surface area contributed by atoms with Crippen LogP contribution in [0.1, 0.15) is 33.6 Å². The molecule has 2 bridgehead atoms. The Morgan fingerprint density at radius 1 is 1.24 bits per heavy atom. The van der Waals surface area contributed by atoms with Gasteiger partial charge in [-0.2, -0.15) is 0 Å². The standard InChI is InChI=1S/C14H22O3/c1-14(2,3)17-7-6-16-13(15)12-9-10-4-5-11(12)8-10/h4-5,10-12H,6-9H2,1-3H3. The minimum Gasteiger partial charge on any atom is -0.463 e. The maximum absolute atomic E-state index is 11.8. The molecule has 0 N–H and O–H groups in total. The molecule has 0 aliphatic heterocycles. The Balaban J connectivity index is 1.67. The molecule has 0 spiro atoms. The van der Waals surface area contributed by atoms with Crippen LogP contribution in [0.5, 0.6) is 0 Å². The van der Waals surface area contributed by atoms with Crippen molar-refractivity contribution in [2.75, 3.05) is 13.2 Å². The Kier molecular flexibility index (Phi) is 3.57. The summed E-state index contributed by atoms with van der Waals surface area (Å²) in [5.41, 5.74) is -0.165. The van der Waals surface area contributed by atoms with Crippen LogP contribution in [-0.4, -0.2) is 24.8 Å². The second-order valence-corrected chi connectivity index (χ2v) is 6.02. The van der Waals surface area contributed by atoms with Gasteiger partial charge in [-0.3, -0.25) is 4.79 Å². The van der Waals surface area contributed by atoms with E-state index in [1.807, 2.05) is 20.8 Å². The third-order valence-corrected chi connectivity index (χ3v) is 3.44. The summed E-state index contributed by atoms with van der Waals surface area (Å²) in [5, 5.41) is 0. The fourth-order valence-corrected chi connectivity index (χ4v) is 2.65. The molecule has 96 valence electrons. The zero-order valence-electron chi connectivity index (χ0n) is 10.9. The van der Waals surface area contributed by atoms with E-state index in [-0.39, 0.29) is 17.5 Å². The first-order valence-corrected chi connectivity index (χ1v) is 6.44. The van der Waals surface area contributed by atoms with Crippen molar-refractivity contribution in [2.24, 2.45) is 17.8 Å². The van der Waals surface area contributed by atoms with Crippen molar-refractivity contribution in [3.63, 3.8) is 0 Å². The minimum atomic E-state index is -0.165. The predicted octanol–water partition coefficient (Wildman–Crippen LogP) is 2.56. The van der Waals surface area contributed by atoms with Crippen LogP contribution in [0, 0.1) is 17.8 Å². The molecule has 0 radical (unpaired) electrons. The van der Waals surface area contributed by atoms with E-state index in [0.29, 0.717) is 25.0 Å². The molecule has 0 saturated heterocycles. The number of hydrogen-bond acceptors (Lipinski definition) is 3. The molecule has 0 aromatic heterocycles. The topological polar surface area (TPSA) is 35.5 Å². The van der Waals surface area contributed by atoms with E-state index in [1.54, 1.807) is 0 Å². The molecule has 2 aliphatic rings. The second kappa shape index (κ2) is 4.81. The summed E-state index contributed by atoms with van der Waals surface area (Å²) < 4.78 is 10.8. The van der Waals surface area contributed by atoms with E-state index < -0.39 is 0 Å². The fourth-order valence-electron chi connectivity index (χ4n) is 2.65. The number of fused-ring (bicyclic) bond motifs is 2. The quantitative estimate of drug-likeness (QED) is 0.429. The van der Waals surface area contributed by atoms with Gasteiger partial charge in [0.15, 0.2) is 0 Å². The maximum atomic E-state index is 11.8. The molecule has 17 heavy (non-hydrogen) atoms. The summed E-state index contributed by atoms with van der Waals surface area (Å²) in [6, 6.07) is 0. The molecule has 2 aliphatic carbocycles. The Morgan fingerprint density at radius 2 is 2.00 bits per heavy atom. The zero-order valence-corrected chi connectivity index (χ0v) is 10.9. The Morgan fingerprint density at radius 3 is 2.53 bits per heavy atom. The molecule has 0 aromatic rings. The largest absolute Gasteiger partial charge is 0.463 e. The van der Waals surface area contributed by atoms with Crippen molar-refractivity contribution in [1.29, 1.82) is 0 Å². The monoisotopic (exact) mass is 238 g/mol. The first-order chi connectivity index (χ1) is 7.96.